The molecule has 1 saturated carbocycles. The Morgan fingerprint density at radius 2 is 2.14 bits per heavy atom. The quantitative estimate of drug-likeness (QED) is 0.920. The summed E-state index contributed by atoms with van der Waals surface area (Å²) < 4.78 is 0. The molecule has 112 valence electrons. The third kappa shape index (κ3) is 2.91. The predicted molar refractivity (Wildman–Crippen MR) is 86.2 cm³/mol. The first-order valence-corrected chi connectivity index (χ1v) is 8.34. The number of anilines is 1. The molecular weight excluding hydrogens is 258 g/mol. The maximum absolute atomic E-state index is 9.53. The van der Waals surface area contributed by atoms with Gasteiger partial charge < -0.3 is 10.2 Å². The molecule has 1 aromatic carbocycles. The van der Waals surface area contributed by atoms with E-state index in [1.807, 2.05) is 0 Å². The molecule has 3 heteroatoms. The van der Waals surface area contributed by atoms with Crippen molar-refractivity contribution in [2.24, 2.45) is 5.92 Å². The molecule has 1 saturated heterocycles. The molecule has 1 aromatic rings. The monoisotopic (exact) mass is 283 g/mol. The Hall–Kier alpha value is -1.53. The zero-order chi connectivity index (χ0) is 14.7. The molecule has 2 aliphatic rings. The van der Waals surface area contributed by atoms with Crippen molar-refractivity contribution in [1.29, 1.82) is 5.26 Å². The van der Waals surface area contributed by atoms with E-state index in [4.69, 9.17) is 0 Å². The van der Waals surface area contributed by atoms with E-state index >= 15 is 0 Å². The van der Waals surface area contributed by atoms with Crippen molar-refractivity contribution < 1.29 is 0 Å². The van der Waals surface area contributed by atoms with Crippen molar-refractivity contribution in [2.75, 3.05) is 18.0 Å². The largest absolute Gasteiger partial charge is 0.367 e. The first kappa shape index (κ1) is 14.4. The maximum Gasteiger partial charge on any atom is 0.101 e. The highest BCUT2D eigenvalue weighted by atomic mass is 15.2. The zero-order valence-corrected chi connectivity index (χ0v) is 12.9. The first-order chi connectivity index (χ1) is 10.3. The van der Waals surface area contributed by atoms with Crippen molar-refractivity contribution in [3.8, 4) is 6.07 Å². The molecule has 1 aliphatic carbocycles. The standard InChI is InChI=1S/C18H25N3/c1-2-20-13-14-7-8-18(16(11-14)12-19)21-10-9-15-5-3-4-6-17(15)21/h7-8,11,15,17,20H,2-6,9-10,13H2,1H3. The second-order valence-corrected chi connectivity index (χ2v) is 6.34. The lowest BCUT2D eigenvalue weighted by atomic mass is 9.85. The van der Waals surface area contributed by atoms with Gasteiger partial charge in [0, 0.05) is 19.1 Å². The van der Waals surface area contributed by atoms with Gasteiger partial charge in [-0.05, 0) is 49.4 Å². The van der Waals surface area contributed by atoms with Crippen LogP contribution in [0.2, 0.25) is 0 Å². The molecule has 0 radical (unpaired) electrons. The molecule has 3 rings (SSSR count). The predicted octanol–water partition coefficient (Wildman–Crippen LogP) is 3.44. The Morgan fingerprint density at radius 3 is 2.95 bits per heavy atom. The van der Waals surface area contributed by atoms with E-state index < -0.39 is 0 Å². The molecule has 1 aliphatic heterocycles. The van der Waals surface area contributed by atoms with E-state index in [1.54, 1.807) is 0 Å². The summed E-state index contributed by atoms with van der Waals surface area (Å²) in [6.07, 6.45) is 6.71. The zero-order valence-electron chi connectivity index (χ0n) is 12.9. The fourth-order valence-corrected chi connectivity index (χ4v) is 4.01. The van der Waals surface area contributed by atoms with Crippen LogP contribution in [0.1, 0.15) is 50.2 Å². The Morgan fingerprint density at radius 1 is 1.29 bits per heavy atom. The molecular formula is C18H25N3. The summed E-state index contributed by atoms with van der Waals surface area (Å²) in [5, 5.41) is 12.9. The Balaban J connectivity index is 1.83. The van der Waals surface area contributed by atoms with Gasteiger partial charge in [0.1, 0.15) is 6.07 Å². The minimum Gasteiger partial charge on any atom is -0.367 e. The van der Waals surface area contributed by atoms with Gasteiger partial charge in [-0.15, -0.1) is 0 Å². The second kappa shape index (κ2) is 6.49. The van der Waals surface area contributed by atoms with Gasteiger partial charge in [0.2, 0.25) is 0 Å². The summed E-state index contributed by atoms with van der Waals surface area (Å²) in [5.41, 5.74) is 3.21. The van der Waals surface area contributed by atoms with Crippen LogP contribution in [0.15, 0.2) is 18.2 Å². The summed E-state index contributed by atoms with van der Waals surface area (Å²) in [6.45, 7) is 5.03. The second-order valence-electron chi connectivity index (χ2n) is 6.34. The summed E-state index contributed by atoms with van der Waals surface area (Å²) in [7, 11) is 0. The lowest BCUT2D eigenvalue weighted by molar-refractivity contribution is 0.342. The Bertz CT molecular complexity index is 532. The summed E-state index contributed by atoms with van der Waals surface area (Å²) in [5.74, 6) is 0.853. The number of rotatable bonds is 4. The molecule has 2 unspecified atom stereocenters. The molecule has 2 fully saturated rings. The van der Waals surface area contributed by atoms with Crippen LogP contribution in [0, 0.1) is 17.2 Å². The fraction of sp³-hybridized carbons (Fsp3) is 0.611. The normalized spacial score (nSPS) is 24.7. The van der Waals surface area contributed by atoms with Gasteiger partial charge in [0.05, 0.1) is 11.3 Å². The van der Waals surface area contributed by atoms with Crippen molar-refractivity contribution in [3.63, 3.8) is 0 Å². The van der Waals surface area contributed by atoms with E-state index in [0.717, 1.165) is 36.8 Å². The van der Waals surface area contributed by atoms with Crippen molar-refractivity contribution >= 4 is 5.69 Å². The average molecular weight is 283 g/mol. The number of nitrogens with one attached hydrogen (secondary N) is 1. The van der Waals surface area contributed by atoms with Gasteiger partial charge in [0.25, 0.3) is 0 Å². The molecule has 0 bridgehead atoms. The van der Waals surface area contributed by atoms with Crippen LogP contribution in [-0.4, -0.2) is 19.1 Å². The molecule has 0 amide bonds. The van der Waals surface area contributed by atoms with E-state index in [-0.39, 0.29) is 0 Å². The highest BCUT2D eigenvalue weighted by Crippen LogP contribution is 2.39. The topological polar surface area (TPSA) is 39.1 Å². The van der Waals surface area contributed by atoms with Gasteiger partial charge in [-0.3, -0.25) is 0 Å². The third-order valence-corrected chi connectivity index (χ3v) is 5.08. The SMILES string of the molecule is CCNCc1ccc(N2CCC3CCCCC32)c(C#N)c1. The van der Waals surface area contributed by atoms with Gasteiger partial charge in [-0.1, -0.05) is 25.8 Å². The molecule has 21 heavy (non-hydrogen) atoms. The Labute approximate surface area is 128 Å². The summed E-state index contributed by atoms with van der Waals surface area (Å²) in [4.78, 5) is 2.51. The average Bonchev–Trinajstić information content (AvgIpc) is 2.96. The minimum atomic E-state index is 0.672. The van der Waals surface area contributed by atoms with Gasteiger partial charge in [-0.2, -0.15) is 5.26 Å². The number of hydrogen-bond acceptors (Lipinski definition) is 3. The number of fused-ring (bicyclic) bond motifs is 1. The summed E-state index contributed by atoms with van der Waals surface area (Å²) >= 11 is 0. The number of benzene rings is 1. The molecule has 1 heterocycles. The minimum absolute atomic E-state index is 0.672. The van der Waals surface area contributed by atoms with Gasteiger partial charge in [0.15, 0.2) is 0 Å². The maximum atomic E-state index is 9.53. The Kier molecular flexibility index (Phi) is 4.45. The van der Waals surface area contributed by atoms with Gasteiger partial charge in [-0.25, -0.2) is 0 Å². The van der Waals surface area contributed by atoms with E-state index in [2.05, 4.69) is 41.4 Å². The van der Waals surface area contributed by atoms with Crippen LogP contribution in [0.5, 0.6) is 0 Å². The molecule has 1 N–H and O–H groups in total. The highest BCUT2D eigenvalue weighted by Gasteiger charge is 2.36. The fourth-order valence-electron chi connectivity index (χ4n) is 4.01. The highest BCUT2D eigenvalue weighted by molar-refractivity contribution is 5.61. The lowest BCUT2D eigenvalue weighted by Crippen LogP contribution is -2.35. The van der Waals surface area contributed by atoms with E-state index in [0.29, 0.717) is 6.04 Å². The molecule has 3 nitrogen and oxygen atoms in total. The van der Waals surface area contributed by atoms with E-state index in [9.17, 15) is 5.26 Å². The van der Waals surface area contributed by atoms with Crippen LogP contribution in [0.4, 0.5) is 5.69 Å². The number of nitriles is 1. The van der Waals surface area contributed by atoms with Crippen LogP contribution in [0.3, 0.4) is 0 Å². The van der Waals surface area contributed by atoms with Crippen molar-refractivity contribution in [1.82, 2.24) is 5.32 Å². The van der Waals surface area contributed by atoms with Gasteiger partial charge >= 0.3 is 0 Å². The smallest absolute Gasteiger partial charge is 0.101 e. The summed E-state index contributed by atoms with van der Waals surface area (Å²) in [6, 6.07) is 9.50. The third-order valence-electron chi connectivity index (χ3n) is 5.08. The van der Waals surface area contributed by atoms with Crippen LogP contribution in [0.25, 0.3) is 0 Å². The molecule has 2 atom stereocenters. The number of hydrogen-bond donors (Lipinski definition) is 1. The molecule has 0 spiro atoms. The van der Waals surface area contributed by atoms with Crippen LogP contribution < -0.4 is 10.2 Å². The molecule has 0 aromatic heterocycles. The van der Waals surface area contributed by atoms with E-state index in [1.165, 1.54) is 37.7 Å². The van der Waals surface area contributed by atoms with Crippen LogP contribution in [-0.2, 0) is 6.54 Å². The number of nitrogens with zero attached hydrogens (tertiary/aromatic N) is 2. The van der Waals surface area contributed by atoms with Crippen molar-refractivity contribution in [2.45, 2.75) is 51.6 Å². The van der Waals surface area contributed by atoms with Crippen LogP contribution >= 0.6 is 0 Å². The lowest BCUT2D eigenvalue weighted by Gasteiger charge is -2.33. The first-order valence-electron chi connectivity index (χ1n) is 8.34. The van der Waals surface area contributed by atoms with Crippen molar-refractivity contribution in [3.05, 3.63) is 29.3 Å².